The van der Waals surface area contributed by atoms with Crippen molar-refractivity contribution in [3.63, 3.8) is 0 Å². The molecule has 5 heteroatoms. The molecular weight excluding hydrogens is 256 g/mol. The molecule has 5 nitrogen and oxygen atoms in total. The lowest BCUT2D eigenvalue weighted by molar-refractivity contribution is -0.128. The SMILES string of the molecule is O=C(CNC(=O)C1CCCC1)NCC(O)C1CCCC1. The predicted octanol–water partition coefficient (Wildman–Crippen LogP) is 0.960. The number of nitrogens with one attached hydrogen (secondary N) is 2. The summed E-state index contributed by atoms with van der Waals surface area (Å²) in [6.45, 7) is 0.315. The summed E-state index contributed by atoms with van der Waals surface area (Å²) in [6.07, 6.45) is 8.09. The second-order valence-electron chi connectivity index (χ2n) is 6.12. The van der Waals surface area contributed by atoms with Crippen molar-refractivity contribution < 1.29 is 14.7 Å². The molecule has 2 fully saturated rings. The van der Waals surface area contributed by atoms with Crippen molar-refractivity contribution in [2.75, 3.05) is 13.1 Å². The first-order valence-corrected chi connectivity index (χ1v) is 7.89. The van der Waals surface area contributed by atoms with E-state index in [1.165, 1.54) is 12.8 Å². The van der Waals surface area contributed by atoms with E-state index in [0.29, 0.717) is 12.5 Å². The standard InChI is InChI=1S/C15H26N2O3/c18-13(11-5-1-2-6-11)9-16-14(19)10-17-15(20)12-7-3-4-8-12/h11-13,18H,1-10H2,(H,16,19)(H,17,20). The average Bonchev–Trinajstić information content (AvgIpc) is 3.14. The molecule has 0 aromatic heterocycles. The maximum Gasteiger partial charge on any atom is 0.239 e. The Morgan fingerprint density at radius 2 is 1.60 bits per heavy atom. The summed E-state index contributed by atoms with van der Waals surface area (Å²) in [5, 5.41) is 15.3. The summed E-state index contributed by atoms with van der Waals surface area (Å²) in [7, 11) is 0. The Kier molecular flexibility index (Phi) is 5.83. The Balaban J connectivity index is 1.58. The van der Waals surface area contributed by atoms with E-state index in [-0.39, 0.29) is 24.3 Å². The minimum Gasteiger partial charge on any atom is -0.391 e. The van der Waals surface area contributed by atoms with Gasteiger partial charge in [0.25, 0.3) is 0 Å². The van der Waals surface area contributed by atoms with Gasteiger partial charge >= 0.3 is 0 Å². The molecule has 2 saturated carbocycles. The van der Waals surface area contributed by atoms with Crippen LogP contribution < -0.4 is 10.6 Å². The van der Waals surface area contributed by atoms with Crippen molar-refractivity contribution in [1.82, 2.24) is 10.6 Å². The Morgan fingerprint density at radius 3 is 2.25 bits per heavy atom. The first kappa shape index (κ1) is 15.3. The summed E-state index contributed by atoms with van der Waals surface area (Å²) in [5.74, 6) is 0.192. The molecule has 0 aliphatic heterocycles. The highest BCUT2D eigenvalue weighted by Gasteiger charge is 2.24. The molecular formula is C15H26N2O3. The van der Waals surface area contributed by atoms with Gasteiger partial charge in [-0.15, -0.1) is 0 Å². The lowest BCUT2D eigenvalue weighted by Crippen LogP contribution is -2.42. The van der Waals surface area contributed by atoms with Crippen LogP contribution in [0.1, 0.15) is 51.4 Å². The number of carbonyl (C=O) groups excluding carboxylic acids is 2. The first-order valence-electron chi connectivity index (χ1n) is 7.89. The molecule has 0 aromatic rings. The monoisotopic (exact) mass is 282 g/mol. The molecule has 0 radical (unpaired) electrons. The van der Waals surface area contributed by atoms with Crippen LogP contribution >= 0.6 is 0 Å². The number of aliphatic hydroxyl groups excluding tert-OH is 1. The average molecular weight is 282 g/mol. The van der Waals surface area contributed by atoms with Crippen LogP contribution in [-0.2, 0) is 9.59 Å². The molecule has 0 heterocycles. The second kappa shape index (κ2) is 7.62. The van der Waals surface area contributed by atoms with Crippen LogP contribution in [0.15, 0.2) is 0 Å². The third-order valence-electron chi connectivity index (χ3n) is 4.60. The van der Waals surface area contributed by atoms with Crippen LogP contribution in [0.4, 0.5) is 0 Å². The maximum atomic E-state index is 11.8. The Hall–Kier alpha value is -1.10. The fourth-order valence-corrected chi connectivity index (χ4v) is 3.29. The van der Waals surface area contributed by atoms with E-state index in [0.717, 1.165) is 38.5 Å². The number of aliphatic hydroxyl groups is 1. The smallest absolute Gasteiger partial charge is 0.239 e. The highest BCUT2D eigenvalue weighted by molar-refractivity contribution is 5.85. The number of hydrogen-bond donors (Lipinski definition) is 3. The van der Waals surface area contributed by atoms with Gasteiger partial charge in [-0.25, -0.2) is 0 Å². The minimum absolute atomic E-state index is 0.00556. The van der Waals surface area contributed by atoms with E-state index in [4.69, 9.17) is 0 Å². The van der Waals surface area contributed by atoms with Crippen molar-refractivity contribution in [3.8, 4) is 0 Å². The lowest BCUT2D eigenvalue weighted by Gasteiger charge is -2.18. The fourth-order valence-electron chi connectivity index (χ4n) is 3.29. The number of carbonyl (C=O) groups is 2. The number of amides is 2. The van der Waals surface area contributed by atoms with Crippen molar-refractivity contribution >= 4 is 11.8 Å². The van der Waals surface area contributed by atoms with E-state index >= 15 is 0 Å². The molecule has 0 saturated heterocycles. The summed E-state index contributed by atoms with van der Waals surface area (Å²) in [5.41, 5.74) is 0. The zero-order chi connectivity index (χ0) is 14.4. The van der Waals surface area contributed by atoms with Gasteiger partial charge in [0, 0.05) is 12.5 Å². The number of rotatable bonds is 6. The van der Waals surface area contributed by atoms with E-state index < -0.39 is 6.10 Å². The van der Waals surface area contributed by atoms with Gasteiger partial charge in [-0.2, -0.15) is 0 Å². The van der Waals surface area contributed by atoms with Gasteiger partial charge in [-0.3, -0.25) is 9.59 Å². The topological polar surface area (TPSA) is 78.4 Å². The molecule has 1 atom stereocenters. The van der Waals surface area contributed by atoms with Crippen LogP contribution in [0.25, 0.3) is 0 Å². The van der Waals surface area contributed by atoms with Crippen molar-refractivity contribution in [2.45, 2.75) is 57.5 Å². The Morgan fingerprint density at radius 1 is 1.00 bits per heavy atom. The molecule has 2 aliphatic rings. The lowest BCUT2D eigenvalue weighted by atomic mass is 10.0. The third kappa shape index (κ3) is 4.47. The van der Waals surface area contributed by atoms with Crippen LogP contribution in [0.3, 0.4) is 0 Å². The normalized spacial score (nSPS) is 21.9. The van der Waals surface area contributed by atoms with Crippen molar-refractivity contribution in [2.24, 2.45) is 11.8 Å². The molecule has 20 heavy (non-hydrogen) atoms. The molecule has 0 spiro atoms. The zero-order valence-electron chi connectivity index (χ0n) is 12.1. The molecule has 2 amide bonds. The van der Waals surface area contributed by atoms with Gasteiger partial charge in [-0.1, -0.05) is 25.7 Å². The molecule has 2 rings (SSSR count). The van der Waals surface area contributed by atoms with E-state index in [1.54, 1.807) is 0 Å². The molecule has 2 aliphatic carbocycles. The van der Waals surface area contributed by atoms with Crippen molar-refractivity contribution in [1.29, 1.82) is 0 Å². The predicted molar refractivity (Wildman–Crippen MR) is 75.9 cm³/mol. The van der Waals surface area contributed by atoms with Crippen LogP contribution in [-0.4, -0.2) is 36.1 Å². The van der Waals surface area contributed by atoms with Gasteiger partial charge in [0.2, 0.25) is 11.8 Å². The quantitative estimate of drug-likeness (QED) is 0.679. The Bertz CT molecular complexity index is 334. The van der Waals surface area contributed by atoms with Gasteiger partial charge < -0.3 is 15.7 Å². The largest absolute Gasteiger partial charge is 0.391 e. The van der Waals surface area contributed by atoms with Crippen molar-refractivity contribution in [3.05, 3.63) is 0 Å². The molecule has 0 aromatic carbocycles. The van der Waals surface area contributed by atoms with E-state index in [2.05, 4.69) is 10.6 Å². The van der Waals surface area contributed by atoms with E-state index in [1.807, 2.05) is 0 Å². The highest BCUT2D eigenvalue weighted by Crippen LogP contribution is 2.27. The molecule has 3 N–H and O–H groups in total. The van der Waals surface area contributed by atoms with Gasteiger partial charge in [0.1, 0.15) is 0 Å². The maximum absolute atomic E-state index is 11.8. The second-order valence-corrected chi connectivity index (χ2v) is 6.12. The van der Waals surface area contributed by atoms with Crippen LogP contribution in [0.5, 0.6) is 0 Å². The number of hydrogen-bond acceptors (Lipinski definition) is 3. The molecule has 1 unspecified atom stereocenters. The highest BCUT2D eigenvalue weighted by atomic mass is 16.3. The Labute approximate surface area is 120 Å². The molecule has 0 bridgehead atoms. The van der Waals surface area contributed by atoms with E-state index in [9.17, 15) is 14.7 Å². The summed E-state index contributed by atoms with van der Waals surface area (Å²) >= 11 is 0. The molecule has 114 valence electrons. The zero-order valence-corrected chi connectivity index (χ0v) is 12.1. The van der Waals surface area contributed by atoms with Gasteiger partial charge in [-0.05, 0) is 31.6 Å². The summed E-state index contributed by atoms with van der Waals surface area (Å²) in [6, 6.07) is 0. The van der Waals surface area contributed by atoms with Gasteiger partial charge in [0.15, 0.2) is 0 Å². The van der Waals surface area contributed by atoms with Crippen LogP contribution in [0.2, 0.25) is 0 Å². The van der Waals surface area contributed by atoms with Crippen LogP contribution in [0, 0.1) is 11.8 Å². The van der Waals surface area contributed by atoms with Gasteiger partial charge in [0.05, 0.1) is 12.6 Å². The summed E-state index contributed by atoms with van der Waals surface area (Å²) < 4.78 is 0. The fraction of sp³-hybridized carbons (Fsp3) is 0.867. The first-order chi connectivity index (χ1) is 9.66. The summed E-state index contributed by atoms with van der Waals surface area (Å²) in [4.78, 5) is 23.4. The minimum atomic E-state index is -0.452. The third-order valence-corrected chi connectivity index (χ3v) is 4.60.